The first-order valence-electron chi connectivity index (χ1n) is 13.4. The third kappa shape index (κ3) is 5.79. The van der Waals surface area contributed by atoms with Crippen molar-refractivity contribution in [2.24, 2.45) is 14.1 Å². The molecule has 1 aliphatic heterocycles. The lowest BCUT2D eigenvalue weighted by molar-refractivity contribution is -0.137. The number of hydrogen-bond acceptors (Lipinski definition) is 5. The Bertz CT molecular complexity index is 1610. The molecule has 2 aromatic heterocycles. The predicted octanol–water partition coefficient (Wildman–Crippen LogP) is 5.21. The molecule has 3 heterocycles. The van der Waals surface area contributed by atoms with Gasteiger partial charge in [0.2, 0.25) is 0 Å². The molecule has 1 fully saturated rings. The van der Waals surface area contributed by atoms with Crippen molar-refractivity contribution in [3.63, 3.8) is 0 Å². The summed E-state index contributed by atoms with van der Waals surface area (Å²) in [5.41, 5.74) is 3.10. The topological polar surface area (TPSA) is 72.5 Å². The summed E-state index contributed by atoms with van der Waals surface area (Å²) in [5, 5.41) is 7.36. The minimum atomic E-state index is -4.60. The summed E-state index contributed by atoms with van der Waals surface area (Å²) >= 11 is 6.51. The molecular weight excluding hydrogens is 571 g/mol. The van der Waals surface area contributed by atoms with E-state index in [0.717, 1.165) is 42.2 Å². The van der Waals surface area contributed by atoms with E-state index < -0.39 is 17.6 Å². The lowest BCUT2D eigenvalue weighted by Gasteiger charge is -2.33. The van der Waals surface area contributed by atoms with Gasteiger partial charge in [-0.05, 0) is 44.3 Å². The maximum atomic E-state index is 13.9. The van der Waals surface area contributed by atoms with Gasteiger partial charge in [0.05, 0.1) is 47.2 Å². The molecule has 0 atom stereocenters. The van der Waals surface area contributed by atoms with E-state index >= 15 is 0 Å². The number of carbonyl (C=O) groups is 1. The van der Waals surface area contributed by atoms with Crippen LogP contribution in [0.4, 0.5) is 18.9 Å². The number of halogens is 4. The molecular formula is C29H33ClF3N7O2. The number of benzene rings is 2. The van der Waals surface area contributed by atoms with Crippen LogP contribution in [0.3, 0.4) is 0 Å². The summed E-state index contributed by atoms with van der Waals surface area (Å²) in [7, 11) is 7.12. The van der Waals surface area contributed by atoms with Gasteiger partial charge in [0.25, 0.3) is 5.91 Å². The van der Waals surface area contributed by atoms with Crippen molar-refractivity contribution in [3.8, 4) is 22.7 Å². The van der Waals surface area contributed by atoms with Crippen LogP contribution in [0.25, 0.3) is 16.9 Å². The van der Waals surface area contributed by atoms with Crippen LogP contribution in [0.15, 0.2) is 42.7 Å². The number of anilines is 1. The van der Waals surface area contributed by atoms with Crippen molar-refractivity contribution < 1.29 is 22.7 Å². The Hall–Kier alpha value is -3.74. The SMILES string of the molecule is COc1c(CN2CCN(C)CC2)cc(C(F)(F)F)cc1NC(=O)c1ccc(Cl)c(-n2cc(-c3cnn(C)c3C)n2C)c1. The van der Waals surface area contributed by atoms with Gasteiger partial charge in [-0.2, -0.15) is 18.3 Å². The Morgan fingerprint density at radius 3 is 2.40 bits per heavy atom. The van der Waals surface area contributed by atoms with Gasteiger partial charge in [0, 0.05) is 69.2 Å². The summed E-state index contributed by atoms with van der Waals surface area (Å²) in [6.07, 6.45) is -0.941. The molecule has 42 heavy (non-hydrogen) atoms. The van der Waals surface area contributed by atoms with Crippen molar-refractivity contribution in [1.29, 1.82) is 0 Å². The highest BCUT2D eigenvalue weighted by Crippen LogP contribution is 2.39. The van der Waals surface area contributed by atoms with E-state index in [2.05, 4.69) is 20.2 Å². The zero-order valence-electron chi connectivity index (χ0n) is 24.1. The number of amides is 1. The van der Waals surface area contributed by atoms with Gasteiger partial charge in [0.15, 0.2) is 0 Å². The van der Waals surface area contributed by atoms with Gasteiger partial charge in [0.1, 0.15) is 5.75 Å². The molecule has 1 aliphatic rings. The molecule has 0 radical (unpaired) electrons. The highest BCUT2D eigenvalue weighted by molar-refractivity contribution is 6.32. The maximum Gasteiger partial charge on any atom is 0.416 e. The van der Waals surface area contributed by atoms with Crippen LogP contribution in [-0.4, -0.2) is 75.2 Å². The van der Waals surface area contributed by atoms with Crippen LogP contribution >= 0.6 is 11.6 Å². The van der Waals surface area contributed by atoms with E-state index in [1.165, 1.54) is 13.2 Å². The van der Waals surface area contributed by atoms with Crippen LogP contribution in [0.2, 0.25) is 5.02 Å². The minimum absolute atomic E-state index is 0.0479. The number of aryl methyl sites for hydroxylation is 1. The monoisotopic (exact) mass is 603 g/mol. The van der Waals surface area contributed by atoms with Gasteiger partial charge in [-0.15, -0.1) is 0 Å². The smallest absolute Gasteiger partial charge is 0.416 e. The molecule has 0 bridgehead atoms. The van der Waals surface area contributed by atoms with Crippen LogP contribution in [-0.2, 0) is 26.8 Å². The molecule has 1 saturated heterocycles. The van der Waals surface area contributed by atoms with Gasteiger partial charge < -0.3 is 15.0 Å². The molecule has 0 spiro atoms. The average molecular weight is 604 g/mol. The Morgan fingerprint density at radius 2 is 1.81 bits per heavy atom. The Morgan fingerprint density at radius 1 is 1.10 bits per heavy atom. The van der Waals surface area contributed by atoms with E-state index in [1.807, 2.05) is 38.9 Å². The second-order valence-electron chi connectivity index (χ2n) is 10.6. The van der Waals surface area contributed by atoms with Gasteiger partial charge in [-0.3, -0.25) is 23.7 Å². The molecule has 0 saturated carbocycles. The molecule has 0 aliphatic carbocycles. The molecule has 1 N–H and O–H groups in total. The fraction of sp³-hybridized carbons (Fsp3) is 0.379. The molecule has 224 valence electrons. The van der Waals surface area contributed by atoms with Crippen LogP contribution in [0, 0.1) is 6.92 Å². The quantitative estimate of drug-likeness (QED) is 0.314. The predicted molar refractivity (Wildman–Crippen MR) is 155 cm³/mol. The standard InChI is InChI=1S/C29H33ClF3N7O2/c1-18-22(15-34-37(18)3)26-17-40(38(26)4)25-13-19(6-7-23(25)30)28(41)35-24-14-21(29(31,32)33)12-20(27(24)42-5)16-39-10-8-36(2)9-11-39/h6-7,12-15,17H,8-11,16H2,1-5H3,(H,35,41). The third-order valence-corrected chi connectivity index (χ3v) is 8.14. The van der Waals surface area contributed by atoms with Crippen molar-refractivity contribution >= 4 is 23.2 Å². The van der Waals surface area contributed by atoms with Gasteiger partial charge >= 0.3 is 6.18 Å². The third-order valence-electron chi connectivity index (χ3n) is 7.82. The molecule has 0 unspecified atom stereocenters. The molecule has 9 nitrogen and oxygen atoms in total. The Balaban J connectivity index is 1.44. The fourth-order valence-corrected chi connectivity index (χ4v) is 5.35. The van der Waals surface area contributed by atoms with Crippen molar-refractivity contribution in [2.75, 3.05) is 45.7 Å². The number of alkyl halides is 3. The summed E-state index contributed by atoms with van der Waals surface area (Å²) < 4.78 is 52.8. The highest BCUT2D eigenvalue weighted by Gasteiger charge is 2.33. The number of ether oxygens (including phenoxy) is 1. The van der Waals surface area contributed by atoms with Crippen LogP contribution in [0.5, 0.6) is 5.75 Å². The van der Waals surface area contributed by atoms with Crippen molar-refractivity contribution in [1.82, 2.24) is 28.9 Å². The lowest BCUT2D eigenvalue weighted by atomic mass is 10.1. The number of nitrogens with zero attached hydrogens (tertiary/aromatic N) is 6. The first kappa shape index (κ1) is 29.7. The summed E-state index contributed by atoms with van der Waals surface area (Å²) in [6.45, 7) is 5.29. The zero-order chi connectivity index (χ0) is 30.3. The number of hydrogen-bond donors (Lipinski definition) is 1. The number of rotatable bonds is 7. The fourth-order valence-electron chi connectivity index (χ4n) is 5.15. The molecule has 4 aromatic rings. The molecule has 2 aromatic carbocycles. The number of carbonyl (C=O) groups excluding carboxylic acids is 1. The van der Waals surface area contributed by atoms with E-state index in [1.54, 1.807) is 27.7 Å². The van der Waals surface area contributed by atoms with Crippen molar-refractivity contribution in [2.45, 2.75) is 19.6 Å². The minimum Gasteiger partial charge on any atom is -0.494 e. The van der Waals surface area contributed by atoms with Crippen LogP contribution < -0.4 is 10.1 Å². The summed E-state index contributed by atoms with van der Waals surface area (Å²) in [6, 6.07) is 6.73. The van der Waals surface area contributed by atoms with Crippen molar-refractivity contribution in [3.05, 3.63) is 70.1 Å². The molecule has 1 amide bonds. The maximum absolute atomic E-state index is 13.9. The largest absolute Gasteiger partial charge is 0.494 e. The number of likely N-dealkylation sites (N-methyl/N-ethyl adjacent to an activating group) is 1. The van der Waals surface area contributed by atoms with E-state index in [4.69, 9.17) is 16.3 Å². The van der Waals surface area contributed by atoms with E-state index in [0.29, 0.717) is 29.4 Å². The second-order valence-corrected chi connectivity index (χ2v) is 11.0. The molecule has 5 rings (SSSR count). The Labute approximate surface area is 247 Å². The average Bonchev–Trinajstić information content (AvgIpc) is 3.26. The van der Waals surface area contributed by atoms with Gasteiger partial charge in [-0.1, -0.05) is 11.6 Å². The summed E-state index contributed by atoms with van der Waals surface area (Å²) in [5.74, 6) is -0.391. The number of aromatic nitrogens is 4. The Kier molecular flexibility index (Phi) is 8.15. The highest BCUT2D eigenvalue weighted by atomic mass is 35.5. The summed E-state index contributed by atoms with van der Waals surface area (Å²) in [4.78, 5) is 17.7. The first-order valence-corrected chi connectivity index (χ1v) is 13.8. The van der Waals surface area contributed by atoms with Gasteiger partial charge in [-0.25, -0.2) is 0 Å². The molecule has 13 heteroatoms. The number of nitrogens with one attached hydrogen (secondary N) is 1. The second kappa shape index (κ2) is 11.5. The van der Waals surface area contributed by atoms with E-state index in [-0.39, 0.29) is 23.5 Å². The van der Waals surface area contributed by atoms with Crippen LogP contribution in [0.1, 0.15) is 27.2 Å². The lowest BCUT2D eigenvalue weighted by Crippen LogP contribution is -2.43. The first-order chi connectivity index (χ1) is 19.9. The normalized spacial score (nSPS) is 14.9. The number of piperazine rings is 1. The zero-order valence-corrected chi connectivity index (χ0v) is 24.8. The van der Waals surface area contributed by atoms with E-state index in [9.17, 15) is 18.0 Å². The number of methoxy groups -OCH3 is 1.